The van der Waals surface area contributed by atoms with E-state index in [-0.39, 0.29) is 11.7 Å². The SMILES string of the molecule is Cc1cc(C)n(C(=O)c2nc(-c3ccccc3)n(-c3ccccc3)n2)n1. The van der Waals surface area contributed by atoms with Crippen molar-refractivity contribution in [3.8, 4) is 17.1 Å². The predicted molar refractivity (Wildman–Crippen MR) is 98.2 cm³/mol. The van der Waals surface area contributed by atoms with E-state index in [4.69, 9.17) is 0 Å². The third-order valence-corrected chi connectivity index (χ3v) is 4.03. The van der Waals surface area contributed by atoms with Crippen molar-refractivity contribution in [2.24, 2.45) is 0 Å². The Hall–Kier alpha value is -3.54. The lowest BCUT2D eigenvalue weighted by Crippen LogP contribution is -2.17. The Morgan fingerprint density at radius 1 is 0.885 bits per heavy atom. The van der Waals surface area contributed by atoms with Crippen LogP contribution in [0.5, 0.6) is 0 Å². The summed E-state index contributed by atoms with van der Waals surface area (Å²) in [6.45, 7) is 3.69. The molecule has 0 radical (unpaired) electrons. The summed E-state index contributed by atoms with van der Waals surface area (Å²) in [5, 5.41) is 8.73. The van der Waals surface area contributed by atoms with Gasteiger partial charge in [0.1, 0.15) is 0 Å². The number of aromatic nitrogens is 5. The van der Waals surface area contributed by atoms with Crippen LogP contribution in [0.3, 0.4) is 0 Å². The van der Waals surface area contributed by atoms with Crippen LogP contribution in [-0.2, 0) is 0 Å². The molecule has 0 N–H and O–H groups in total. The van der Waals surface area contributed by atoms with Gasteiger partial charge < -0.3 is 0 Å². The first kappa shape index (κ1) is 16.0. The molecule has 2 aromatic heterocycles. The molecule has 0 aliphatic heterocycles. The lowest BCUT2D eigenvalue weighted by Gasteiger charge is -2.05. The van der Waals surface area contributed by atoms with Crippen LogP contribution < -0.4 is 0 Å². The molecule has 0 saturated heterocycles. The van der Waals surface area contributed by atoms with E-state index in [1.807, 2.05) is 80.6 Å². The first-order valence-electron chi connectivity index (χ1n) is 8.29. The van der Waals surface area contributed by atoms with Crippen LogP contribution >= 0.6 is 0 Å². The Labute approximate surface area is 150 Å². The molecule has 0 bridgehead atoms. The van der Waals surface area contributed by atoms with Crippen molar-refractivity contribution in [2.45, 2.75) is 13.8 Å². The average molecular weight is 343 g/mol. The minimum Gasteiger partial charge on any atom is -0.263 e. The number of rotatable bonds is 3. The average Bonchev–Trinajstić information content (AvgIpc) is 3.26. The molecular weight excluding hydrogens is 326 g/mol. The van der Waals surface area contributed by atoms with Crippen molar-refractivity contribution in [1.82, 2.24) is 24.5 Å². The third-order valence-electron chi connectivity index (χ3n) is 4.03. The molecule has 0 saturated carbocycles. The maximum absolute atomic E-state index is 12.9. The summed E-state index contributed by atoms with van der Waals surface area (Å²) in [7, 11) is 0. The molecule has 0 atom stereocenters. The van der Waals surface area contributed by atoms with E-state index < -0.39 is 0 Å². The second-order valence-electron chi connectivity index (χ2n) is 6.02. The Bertz CT molecular complexity index is 1010. The minimum atomic E-state index is -0.345. The second-order valence-corrected chi connectivity index (χ2v) is 6.02. The van der Waals surface area contributed by atoms with E-state index in [0.29, 0.717) is 5.82 Å². The molecule has 6 nitrogen and oxygen atoms in total. The Balaban J connectivity index is 1.86. The lowest BCUT2D eigenvalue weighted by molar-refractivity contribution is 0.0932. The van der Waals surface area contributed by atoms with E-state index in [1.54, 1.807) is 4.68 Å². The highest BCUT2D eigenvalue weighted by atomic mass is 16.2. The van der Waals surface area contributed by atoms with Gasteiger partial charge in [-0.2, -0.15) is 9.78 Å². The number of benzene rings is 2. The van der Waals surface area contributed by atoms with E-state index >= 15 is 0 Å². The molecule has 26 heavy (non-hydrogen) atoms. The van der Waals surface area contributed by atoms with Crippen molar-refractivity contribution >= 4 is 5.91 Å². The van der Waals surface area contributed by atoms with Gasteiger partial charge in [-0.1, -0.05) is 48.5 Å². The molecular formula is C20H17N5O. The molecule has 4 aromatic rings. The topological polar surface area (TPSA) is 65.6 Å². The van der Waals surface area contributed by atoms with Gasteiger partial charge in [0.15, 0.2) is 5.82 Å². The minimum absolute atomic E-state index is 0.110. The Kier molecular flexibility index (Phi) is 3.93. The van der Waals surface area contributed by atoms with Gasteiger partial charge in [-0.3, -0.25) is 4.79 Å². The maximum atomic E-state index is 12.9. The highest BCUT2D eigenvalue weighted by molar-refractivity contribution is 5.92. The zero-order valence-electron chi connectivity index (χ0n) is 14.5. The summed E-state index contributed by atoms with van der Waals surface area (Å²) >= 11 is 0. The molecule has 6 heteroatoms. The van der Waals surface area contributed by atoms with Crippen LogP contribution in [0, 0.1) is 13.8 Å². The molecule has 2 heterocycles. The van der Waals surface area contributed by atoms with Gasteiger partial charge in [-0.25, -0.2) is 9.67 Å². The summed E-state index contributed by atoms with van der Waals surface area (Å²) < 4.78 is 3.03. The number of hydrogen-bond acceptors (Lipinski definition) is 4. The Morgan fingerprint density at radius 3 is 2.15 bits per heavy atom. The van der Waals surface area contributed by atoms with Crippen molar-refractivity contribution in [3.05, 3.63) is 83.9 Å². The van der Waals surface area contributed by atoms with E-state index in [1.165, 1.54) is 4.68 Å². The van der Waals surface area contributed by atoms with Crippen molar-refractivity contribution in [2.75, 3.05) is 0 Å². The van der Waals surface area contributed by atoms with E-state index in [9.17, 15) is 4.79 Å². The standard InChI is InChI=1S/C20H17N5O/c1-14-13-15(2)24(22-14)20(26)18-21-19(16-9-5-3-6-10-16)25(23-18)17-11-7-4-8-12-17/h3-13H,1-2H3. The van der Waals surface area contributed by atoms with Crippen LogP contribution in [0.2, 0.25) is 0 Å². The largest absolute Gasteiger partial charge is 0.318 e. The fourth-order valence-corrected chi connectivity index (χ4v) is 2.86. The molecule has 0 aliphatic rings. The van der Waals surface area contributed by atoms with Crippen LogP contribution in [0.15, 0.2) is 66.7 Å². The normalized spacial score (nSPS) is 10.8. The van der Waals surface area contributed by atoms with Crippen LogP contribution in [-0.4, -0.2) is 30.5 Å². The maximum Gasteiger partial charge on any atom is 0.318 e. The molecule has 0 spiro atoms. The number of carbonyl (C=O) groups is 1. The van der Waals surface area contributed by atoms with Gasteiger partial charge in [0.25, 0.3) is 0 Å². The number of aryl methyl sites for hydroxylation is 2. The summed E-state index contributed by atoms with van der Waals surface area (Å²) in [4.78, 5) is 17.4. The predicted octanol–water partition coefficient (Wildman–Crippen LogP) is 3.44. The molecule has 0 fully saturated rings. The molecule has 0 amide bonds. The molecule has 4 rings (SSSR count). The zero-order chi connectivity index (χ0) is 18.1. The Morgan fingerprint density at radius 2 is 1.54 bits per heavy atom. The highest BCUT2D eigenvalue weighted by Crippen LogP contribution is 2.21. The highest BCUT2D eigenvalue weighted by Gasteiger charge is 2.21. The summed E-state index contributed by atoms with van der Waals surface area (Å²) in [5.41, 5.74) is 3.26. The lowest BCUT2D eigenvalue weighted by atomic mass is 10.2. The second kappa shape index (κ2) is 6.40. The number of carbonyl (C=O) groups excluding carboxylic acids is 1. The first-order chi connectivity index (χ1) is 12.6. The van der Waals surface area contributed by atoms with E-state index in [2.05, 4.69) is 15.2 Å². The molecule has 128 valence electrons. The van der Waals surface area contributed by atoms with E-state index in [0.717, 1.165) is 22.6 Å². The molecule has 2 aromatic carbocycles. The van der Waals surface area contributed by atoms with Gasteiger partial charge in [0.05, 0.1) is 11.4 Å². The summed E-state index contributed by atoms with van der Waals surface area (Å²) in [5.74, 6) is 0.378. The van der Waals surface area contributed by atoms with Crippen molar-refractivity contribution in [1.29, 1.82) is 0 Å². The third kappa shape index (κ3) is 2.82. The summed E-state index contributed by atoms with van der Waals surface area (Å²) in [6, 6.07) is 21.2. The van der Waals surface area contributed by atoms with Gasteiger partial charge >= 0.3 is 5.91 Å². The van der Waals surface area contributed by atoms with Gasteiger partial charge in [0.2, 0.25) is 5.82 Å². The smallest absolute Gasteiger partial charge is 0.263 e. The quantitative estimate of drug-likeness (QED) is 0.571. The number of nitrogens with zero attached hydrogens (tertiary/aromatic N) is 5. The van der Waals surface area contributed by atoms with Crippen molar-refractivity contribution in [3.63, 3.8) is 0 Å². The van der Waals surface area contributed by atoms with Crippen LogP contribution in [0.4, 0.5) is 0 Å². The van der Waals surface area contributed by atoms with Crippen LogP contribution in [0.1, 0.15) is 22.0 Å². The monoisotopic (exact) mass is 343 g/mol. The van der Waals surface area contributed by atoms with Crippen molar-refractivity contribution < 1.29 is 4.79 Å². The zero-order valence-corrected chi connectivity index (χ0v) is 14.5. The van der Waals surface area contributed by atoms with Gasteiger partial charge in [0, 0.05) is 11.3 Å². The van der Waals surface area contributed by atoms with Gasteiger partial charge in [-0.15, -0.1) is 5.10 Å². The number of hydrogen-bond donors (Lipinski definition) is 0. The van der Waals surface area contributed by atoms with Gasteiger partial charge in [-0.05, 0) is 32.0 Å². The van der Waals surface area contributed by atoms with Crippen LogP contribution in [0.25, 0.3) is 17.1 Å². The summed E-state index contributed by atoms with van der Waals surface area (Å²) in [6.07, 6.45) is 0. The number of para-hydroxylation sites is 1. The molecule has 0 aliphatic carbocycles. The first-order valence-corrected chi connectivity index (χ1v) is 8.29. The fraction of sp³-hybridized carbons (Fsp3) is 0.100. The molecule has 0 unspecified atom stereocenters. The fourth-order valence-electron chi connectivity index (χ4n) is 2.86.